The van der Waals surface area contributed by atoms with Crippen molar-refractivity contribution in [3.8, 4) is 5.75 Å². The molecule has 1 saturated carbocycles. The average molecular weight is 248 g/mol. The zero-order valence-corrected chi connectivity index (χ0v) is 11.2. The van der Waals surface area contributed by atoms with Crippen LogP contribution in [-0.2, 0) is 0 Å². The fourth-order valence-electron chi connectivity index (χ4n) is 2.91. The minimum atomic E-state index is 0.237. The minimum absolute atomic E-state index is 0.237. The third kappa shape index (κ3) is 3.47. The molecule has 0 heterocycles. The van der Waals surface area contributed by atoms with E-state index in [9.17, 15) is 0 Å². The molecular weight excluding hydrogens is 224 g/mol. The van der Waals surface area contributed by atoms with Crippen LogP contribution in [0.4, 0.5) is 0 Å². The van der Waals surface area contributed by atoms with Gasteiger partial charge in [-0.2, -0.15) is 0 Å². The van der Waals surface area contributed by atoms with Crippen molar-refractivity contribution in [3.63, 3.8) is 0 Å². The van der Waals surface area contributed by atoms with E-state index in [2.05, 4.69) is 17.6 Å². The van der Waals surface area contributed by atoms with E-state index in [0.717, 1.165) is 18.1 Å². The molecule has 18 heavy (non-hydrogen) atoms. The van der Waals surface area contributed by atoms with Gasteiger partial charge in [0.15, 0.2) is 0 Å². The molecule has 0 saturated heterocycles. The summed E-state index contributed by atoms with van der Waals surface area (Å²) < 4.78 is 5.26. The van der Waals surface area contributed by atoms with Crippen LogP contribution in [0.15, 0.2) is 24.3 Å². The molecule has 0 bridgehead atoms. The normalized spacial score (nSPS) is 17.9. The Morgan fingerprint density at radius 1 is 1.39 bits per heavy atom. The Hall–Kier alpha value is -1.06. The van der Waals surface area contributed by atoms with E-state index in [1.165, 1.54) is 37.7 Å². The smallest absolute Gasteiger partial charge is 0.119 e. The first-order valence-corrected chi connectivity index (χ1v) is 6.93. The number of hydrogen-bond acceptors (Lipinski definition) is 3. The molecule has 0 radical (unpaired) electrons. The number of ether oxygens (including phenoxy) is 1. The van der Waals surface area contributed by atoms with Crippen LogP contribution in [0.1, 0.15) is 50.1 Å². The molecule has 1 aliphatic rings. The van der Waals surface area contributed by atoms with Gasteiger partial charge in [-0.25, -0.2) is 0 Å². The maximum atomic E-state index is 5.69. The highest BCUT2D eigenvalue weighted by Crippen LogP contribution is 2.31. The van der Waals surface area contributed by atoms with Crippen molar-refractivity contribution in [2.45, 2.75) is 44.6 Å². The zero-order valence-electron chi connectivity index (χ0n) is 11.2. The summed E-state index contributed by atoms with van der Waals surface area (Å²) >= 11 is 0. The van der Waals surface area contributed by atoms with E-state index >= 15 is 0 Å². The van der Waals surface area contributed by atoms with Crippen LogP contribution in [0, 0.1) is 5.92 Å². The van der Waals surface area contributed by atoms with E-state index in [1.54, 1.807) is 7.11 Å². The first kappa shape index (κ1) is 13.4. The van der Waals surface area contributed by atoms with Crippen molar-refractivity contribution in [2.24, 2.45) is 11.8 Å². The average Bonchev–Trinajstić information content (AvgIpc) is 2.93. The summed E-state index contributed by atoms with van der Waals surface area (Å²) in [6, 6.07) is 8.41. The molecule has 0 amide bonds. The van der Waals surface area contributed by atoms with Gasteiger partial charge in [0.2, 0.25) is 0 Å². The van der Waals surface area contributed by atoms with Gasteiger partial charge in [-0.1, -0.05) is 37.8 Å². The zero-order chi connectivity index (χ0) is 12.8. The van der Waals surface area contributed by atoms with Gasteiger partial charge in [0.25, 0.3) is 0 Å². The topological polar surface area (TPSA) is 47.3 Å². The molecule has 1 unspecified atom stereocenters. The molecule has 3 nitrogen and oxygen atoms in total. The Kier molecular flexibility index (Phi) is 5.02. The van der Waals surface area contributed by atoms with Crippen LogP contribution in [0.25, 0.3) is 0 Å². The van der Waals surface area contributed by atoms with Crippen LogP contribution in [0.5, 0.6) is 5.75 Å². The summed E-state index contributed by atoms with van der Waals surface area (Å²) in [7, 11) is 1.70. The van der Waals surface area contributed by atoms with Crippen molar-refractivity contribution in [1.29, 1.82) is 0 Å². The number of hydrazine groups is 1. The first-order chi connectivity index (χ1) is 8.83. The summed E-state index contributed by atoms with van der Waals surface area (Å²) in [6.07, 6.45) is 7.99. The highest BCUT2D eigenvalue weighted by Gasteiger charge is 2.18. The molecule has 3 heteroatoms. The van der Waals surface area contributed by atoms with E-state index in [4.69, 9.17) is 10.6 Å². The fourth-order valence-corrected chi connectivity index (χ4v) is 2.91. The summed E-state index contributed by atoms with van der Waals surface area (Å²) in [6.45, 7) is 0. The third-order valence-corrected chi connectivity index (χ3v) is 4.04. The quantitative estimate of drug-likeness (QED) is 0.600. The van der Waals surface area contributed by atoms with Crippen LogP contribution >= 0.6 is 0 Å². The number of rotatable bonds is 6. The summed E-state index contributed by atoms with van der Waals surface area (Å²) in [4.78, 5) is 0. The molecule has 1 fully saturated rings. The van der Waals surface area contributed by atoms with Crippen LogP contribution < -0.4 is 16.0 Å². The van der Waals surface area contributed by atoms with Gasteiger partial charge in [0.05, 0.1) is 7.11 Å². The fraction of sp³-hybridized carbons (Fsp3) is 0.600. The lowest BCUT2D eigenvalue weighted by Crippen LogP contribution is -2.28. The summed E-state index contributed by atoms with van der Waals surface area (Å²) in [5.41, 5.74) is 4.16. The van der Waals surface area contributed by atoms with Crippen molar-refractivity contribution in [2.75, 3.05) is 7.11 Å². The van der Waals surface area contributed by atoms with Gasteiger partial charge in [0.1, 0.15) is 5.75 Å². The Labute approximate surface area is 110 Å². The van der Waals surface area contributed by atoms with Crippen molar-refractivity contribution < 1.29 is 4.74 Å². The number of methoxy groups -OCH3 is 1. The van der Waals surface area contributed by atoms with Gasteiger partial charge >= 0.3 is 0 Å². The second-order valence-electron chi connectivity index (χ2n) is 5.22. The van der Waals surface area contributed by atoms with Crippen molar-refractivity contribution in [3.05, 3.63) is 29.8 Å². The van der Waals surface area contributed by atoms with Crippen LogP contribution in [0.2, 0.25) is 0 Å². The number of hydrogen-bond donors (Lipinski definition) is 2. The van der Waals surface area contributed by atoms with E-state index in [0.29, 0.717) is 0 Å². The lowest BCUT2D eigenvalue weighted by atomic mass is 9.95. The van der Waals surface area contributed by atoms with Gasteiger partial charge < -0.3 is 4.74 Å². The molecule has 3 N–H and O–H groups in total. The molecule has 1 aromatic rings. The Morgan fingerprint density at radius 2 is 2.17 bits per heavy atom. The molecule has 0 aromatic heterocycles. The molecule has 1 aliphatic carbocycles. The SMILES string of the molecule is COc1cccc(C(CCC2CCCC2)NN)c1. The van der Waals surface area contributed by atoms with E-state index in [1.807, 2.05) is 12.1 Å². The maximum absolute atomic E-state index is 5.69. The highest BCUT2D eigenvalue weighted by molar-refractivity contribution is 5.30. The number of benzene rings is 1. The second-order valence-corrected chi connectivity index (χ2v) is 5.22. The summed E-state index contributed by atoms with van der Waals surface area (Å²) in [5, 5.41) is 0. The predicted octanol–water partition coefficient (Wildman–Crippen LogP) is 3.17. The lowest BCUT2D eigenvalue weighted by Gasteiger charge is -2.19. The Bertz CT molecular complexity index is 361. The van der Waals surface area contributed by atoms with Gasteiger partial charge in [0, 0.05) is 6.04 Å². The van der Waals surface area contributed by atoms with Gasteiger partial charge in [-0.05, 0) is 36.5 Å². The molecule has 2 rings (SSSR count). The molecule has 1 aromatic carbocycles. The summed E-state index contributed by atoms with van der Waals surface area (Å²) in [5.74, 6) is 7.50. The van der Waals surface area contributed by atoms with Crippen LogP contribution in [0.3, 0.4) is 0 Å². The van der Waals surface area contributed by atoms with Crippen molar-refractivity contribution >= 4 is 0 Å². The third-order valence-electron chi connectivity index (χ3n) is 4.04. The molecule has 100 valence electrons. The lowest BCUT2D eigenvalue weighted by molar-refractivity contribution is 0.404. The van der Waals surface area contributed by atoms with E-state index < -0.39 is 0 Å². The van der Waals surface area contributed by atoms with Gasteiger partial charge in [-0.15, -0.1) is 0 Å². The largest absolute Gasteiger partial charge is 0.497 e. The standard InChI is InChI=1S/C15H24N2O/c1-18-14-8-4-7-13(11-14)15(17-16)10-9-12-5-2-3-6-12/h4,7-8,11-12,15,17H,2-3,5-6,9-10,16H2,1H3. The van der Waals surface area contributed by atoms with Crippen molar-refractivity contribution in [1.82, 2.24) is 5.43 Å². The molecular formula is C15H24N2O. The second kappa shape index (κ2) is 6.76. The van der Waals surface area contributed by atoms with Crippen LogP contribution in [-0.4, -0.2) is 7.11 Å². The Morgan fingerprint density at radius 3 is 2.83 bits per heavy atom. The predicted molar refractivity (Wildman–Crippen MR) is 74.3 cm³/mol. The molecule has 0 spiro atoms. The monoisotopic (exact) mass is 248 g/mol. The van der Waals surface area contributed by atoms with E-state index in [-0.39, 0.29) is 6.04 Å². The van der Waals surface area contributed by atoms with Gasteiger partial charge in [-0.3, -0.25) is 11.3 Å². The number of nitrogens with two attached hydrogens (primary N) is 1. The Balaban J connectivity index is 1.93. The number of nitrogens with one attached hydrogen (secondary N) is 1. The minimum Gasteiger partial charge on any atom is -0.497 e. The first-order valence-electron chi connectivity index (χ1n) is 6.93. The molecule has 1 atom stereocenters. The maximum Gasteiger partial charge on any atom is 0.119 e. The highest BCUT2D eigenvalue weighted by atomic mass is 16.5. The molecule has 0 aliphatic heterocycles.